The van der Waals surface area contributed by atoms with E-state index in [9.17, 15) is 0 Å². The number of aromatic nitrogens is 2. The number of terminal acetylenes is 1. The van der Waals surface area contributed by atoms with Crippen LogP contribution in [0.15, 0.2) is 30.6 Å². The summed E-state index contributed by atoms with van der Waals surface area (Å²) in [6.07, 6.45) is 11.2. The molecule has 3 rings (SSSR count). The van der Waals surface area contributed by atoms with Gasteiger partial charge in [-0.25, -0.2) is 0 Å². The minimum atomic E-state index is 0.434. The highest BCUT2D eigenvalue weighted by molar-refractivity contribution is 5.70. The molecule has 3 nitrogen and oxygen atoms in total. The summed E-state index contributed by atoms with van der Waals surface area (Å²) in [6, 6.07) is 7.04. The van der Waals surface area contributed by atoms with Gasteiger partial charge in [-0.05, 0) is 29.7 Å². The number of rotatable bonds is 2. The topological polar surface area (TPSA) is 21.1 Å². The van der Waals surface area contributed by atoms with E-state index in [1.807, 2.05) is 24.1 Å². The second-order valence-corrected chi connectivity index (χ2v) is 5.12. The van der Waals surface area contributed by atoms with Gasteiger partial charge in [-0.15, -0.1) is 12.3 Å². The summed E-state index contributed by atoms with van der Waals surface area (Å²) in [5.41, 5.74) is 5.06. The zero-order valence-corrected chi connectivity index (χ0v) is 11.3. The van der Waals surface area contributed by atoms with Gasteiger partial charge in [-0.1, -0.05) is 6.07 Å². The van der Waals surface area contributed by atoms with Crippen molar-refractivity contribution in [2.75, 3.05) is 11.9 Å². The predicted molar refractivity (Wildman–Crippen MR) is 78.0 cm³/mol. The lowest BCUT2D eigenvalue weighted by Gasteiger charge is -2.20. The molecule has 1 unspecified atom stereocenters. The molecule has 2 aromatic rings. The van der Waals surface area contributed by atoms with Crippen molar-refractivity contribution in [1.82, 2.24) is 9.78 Å². The molecule has 1 aliphatic heterocycles. The van der Waals surface area contributed by atoms with Crippen LogP contribution < -0.4 is 4.90 Å². The first-order valence-electron chi connectivity index (χ1n) is 6.47. The monoisotopic (exact) mass is 251 g/mol. The second-order valence-electron chi connectivity index (χ2n) is 5.12. The standard InChI is InChI=1S/C16H17N3/c1-4-5-15-9-13-8-12(6-7-16(13)19(15)3)14-10-17-18(2)11-14/h1,6-8,10-11,15H,5,9H2,2-3H3. The average Bonchev–Trinajstić information content (AvgIpc) is 2.95. The molecular formula is C16H17N3. The molecule has 3 heteroatoms. The molecule has 0 N–H and O–H groups in total. The Balaban J connectivity index is 1.95. The van der Waals surface area contributed by atoms with Gasteiger partial charge in [0.25, 0.3) is 0 Å². The maximum absolute atomic E-state index is 5.44. The minimum absolute atomic E-state index is 0.434. The average molecular weight is 251 g/mol. The van der Waals surface area contributed by atoms with Crippen molar-refractivity contribution in [3.63, 3.8) is 0 Å². The highest BCUT2D eigenvalue weighted by atomic mass is 15.2. The zero-order chi connectivity index (χ0) is 13.4. The third-order valence-electron chi connectivity index (χ3n) is 3.85. The molecule has 0 fully saturated rings. The zero-order valence-electron chi connectivity index (χ0n) is 11.3. The number of hydrogen-bond donors (Lipinski definition) is 0. The van der Waals surface area contributed by atoms with Gasteiger partial charge in [-0.3, -0.25) is 4.68 Å². The third kappa shape index (κ3) is 2.00. The highest BCUT2D eigenvalue weighted by Crippen LogP contribution is 2.35. The Morgan fingerprint density at radius 3 is 2.89 bits per heavy atom. The van der Waals surface area contributed by atoms with Crippen LogP contribution >= 0.6 is 0 Å². The fraction of sp³-hybridized carbons (Fsp3) is 0.312. The molecule has 1 aromatic carbocycles. The fourth-order valence-corrected chi connectivity index (χ4v) is 2.78. The van der Waals surface area contributed by atoms with Crippen LogP contribution in [0.2, 0.25) is 0 Å². The van der Waals surface area contributed by atoms with Gasteiger partial charge in [0.2, 0.25) is 0 Å². The number of fused-ring (bicyclic) bond motifs is 1. The van der Waals surface area contributed by atoms with Gasteiger partial charge in [0.05, 0.1) is 6.20 Å². The van der Waals surface area contributed by atoms with Gasteiger partial charge < -0.3 is 4.90 Å². The first kappa shape index (κ1) is 11.9. The van der Waals surface area contributed by atoms with Gasteiger partial charge in [0, 0.05) is 44.0 Å². The Bertz CT molecular complexity index is 648. The van der Waals surface area contributed by atoms with E-state index in [1.165, 1.54) is 16.8 Å². The fourth-order valence-electron chi connectivity index (χ4n) is 2.78. The van der Waals surface area contributed by atoms with E-state index in [2.05, 4.69) is 41.2 Å². The summed E-state index contributed by atoms with van der Waals surface area (Å²) in [5.74, 6) is 2.77. The van der Waals surface area contributed by atoms with Crippen LogP contribution in [0.3, 0.4) is 0 Å². The Labute approximate surface area is 113 Å². The number of likely N-dealkylation sites (N-methyl/N-ethyl adjacent to an activating group) is 1. The quantitative estimate of drug-likeness (QED) is 0.765. The van der Waals surface area contributed by atoms with Crippen molar-refractivity contribution in [1.29, 1.82) is 0 Å². The summed E-state index contributed by atoms with van der Waals surface area (Å²) >= 11 is 0. The van der Waals surface area contributed by atoms with Crippen LogP contribution in [0, 0.1) is 12.3 Å². The van der Waals surface area contributed by atoms with Crippen molar-refractivity contribution in [2.45, 2.75) is 18.9 Å². The Kier molecular flexibility index (Phi) is 2.79. The summed E-state index contributed by atoms with van der Waals surface area (Å²) in [4.78, 5) is 2.29. The molecule has 0 amide bonds. The van der Waals surface area contributed by atoms with E-state index >= 15 is 0 Å². The van der Waals surface area contributed by atoms with Gasteiger partial charge in [-0.2, -0.15) is 5.10 Å². The van der Waals surface area contributed by atoms with Crippen LogP contribution in [-0.4, -0.2) is 22.9 Å². The van der Waals surface area contributed by atoms with Crippen LogP contribution in [-0.2, 0) is 13.5 Å². The summed E-state index contributed by atoms with van der Waals surface area (Å²) in [6.45, 7) is 0. The number of benzene rings is 1. The molecule has 1 aromatic heterocycles. The summed E-state index contributed by atoms with van der Waals surface area (Å²) in [7, 11) is 4.06. The predicted octanol–water partition coefficient (Wildman–Crippen LogP) is 2.47. The first-order valence-corrected chi connectivity index (χ1v) is 6.47. The van der Waals surface area contributed by atoms with E-state index < -0.39 is 0 Å². The van der Waals surface area contributed by atoms with Crippen molar-refractivity contribution in [3.05, 3.63) is 36.2 Å². The van der Waals surface area contributed by atoms with Crippen LogP contribution in [0.1, 0.15) is 12.0 Å². The second kappa shape index (κ2) is 4.47. The van der Waals surface area contributed by atoms with Gasteiger partial charge >= 0.3 is 0 Å². The van der Waals surface area contributed by atoms with E-state index in [0.717, 1.165) is 18.4 Å². The molecule has 19 heavy (non-hydrogen) atoms. The maximum atomic E-state index is 5.44. The Morgan fingerprint density at radius 2 is 2.21 bits per heavy atom. The van der Waals surface area contributed by atoms with E-state index in [1.54, 1.807) is 0 Å². The van der Waals surface area contributed by atoms with Crippen LogP contribution in [0.25, 0.3) is 11.1 Å². The number of anilines is 1. The lowest BCUT2D eigenvalue weighted by Crippen LogP contribution is -2.26. The summed E-state index contributed by atoms with van der Waals surface area (Å²) < 4.78 is 1.83. The Hall–Kier alpha value is -2.21. The molecule has 1 aliphatic rings. The molecule has 0 saturated carbocycles. The van der Waals surface area contributed by atoms with E-state index in [0.29, 0.717) is 6.04 Å². The summed E-state index contributed by atoms with van der Waals surface area (Å²) in [5, 5.41) is 4.23. The molecule has 0 bridgehead atoms. The van der Waals surface area contributed by atoms with Crippen LogP contribution in [0.4, 0.5) is 5.69 Å². The molecule has 2 heterocycles. The molecule has 0 aliphatic carbocycles. The van der Waals surface area contributed by atoms with Crippen LogP contribution in [0.5, 0.6) is 0 Å². The van der Waals surface area contributed by atoms with Crippen molar-refractivity contribution < 1.29 is 0 Å². The lowest BCUT2D eigenvalue weighted by atomic mass is 10.0. The number of hydrogen-bond acceptors (Lipinski definition) is 2. The van der Waals surface area contributed by atoms with Crippen molar-refractivity contribution in [3.8, 4) is 23.5 Å². The lowest BCUT2D eigenvalue weighted by molar-refractivity contribution is 0.685. The van der Waals surface area contributed by atoms with E-state index in [-0.39, 0.29) is 0 Å². The molecule has 96 valence electrons. The molecule has 0 spiro atoms. The van der Waals surface area contributed by atoms with Gasteiger partial charge in [0.1, 0.15) is 0 Å². The maximum Gasteiger partial charge on any atom is 0.0568 e. The molecule has 0 saturated heterocycles. The molecule has 0 radical (unpaired) electrons. The largest absolute Gasteiger partial charge is 0.370 e. The van der Waals surface area contributed by atoms with E-state index in [4.69, 9.17) is 6.42 Å². The minimum Gasteiger partial charge on any atom is -0.370 e. The Morgan fingerprint density at radius 1 is 1.37 bits per heavy atom. The number of aryl methyl sites for hydroxylation is 1. The normalized spacial score (nSPS) is 17.3. The van der Waals surface area contributed by atoms with Crippen molar-refractivity contribution >= 4 is 5.69 Å². The first-order chi connectivity index (χ1) is 9.19. The molecular weight excluding hydrogens is 234 g/mol. The smallest absolute Gasteiger partial charge is 0.0568 e. The SMILES string of the molecule is C#CCC1Cc2cc(-c3cnn(C)c3)ccc2N1C. The highest BCUT2D eigenvalue weighted by Gasteiger charge is 2.25. The van der Waals surface area contributed by atoms with Gasteiger partial charge in [0.15, 0.2) is 0 Å². The molecule has 1 atom stereocenters. The number of nitrogens with zero attached hydrogens (tertiary/aromatic N) is 3. The van der Waals surface area contributed by atoms with Crippen molar-refractivity contribution in [2.24, 2.45) is 7.05 Å². The third-order valence-corrected chi connectivity index (χ3v) is 3.85.